The maximum atomic E-state index is 11.5. The number of H-pyrrole nitrogens is 2. The minimum atomic E-state index is -0.559. The van der Waals surface area contributed by atoms with Gasteiger partial charge in [0.05, 0.1) is 0 Å². The minimum absolute atomic E-state index is 0.195. The average molecular weight is 295 g/mol. The number of hydrogen-bond donors (Lipinski definition) is 2. The Morgan fingerprint density at radius 2 is 1.89 bits per heavy atom. The molecule has 8 heteroatoms. The number of imidazole rings is 1. The Balaban J connectivity index is 2.08. The molecule has 0 saturated heterocycles. The van der Waals surface area contributed by atoms with Crippen molar-refractivity contribution in [2.24, 2.45) is 0 Å². The first-order valence-corrected chi connectivity index (χ1v) is 6.42. The number of nitrogens with one attached hydrogen (secondary N) is 2. The van der Waals surface area contributed by atoms with Gasteiger partial charge in [-0.3, -0.25) is 18.7 Å². The molecular weight excluding hydrogens is 288 g/mol. The van der Waals surface area contributed by atoms with Gasteiger partial charge in [0.15, 0.2) is 11.2 Å². The highest BCUT2D eigenvalue weighted by Crippen LogP contribution is 2.24. The molecule has 0 bridgehead atoms. The first kappa shape index (κ1) is 12.1. The van der Waals surface area contributed by atoms with Crippen LogP contribution in [0.3, 0.4) is 0 Å². The molecule has 0 atom stereocenters. The van der Waals surface area contributed by atoms with Crippen LogP contribution in [0.15, 0.2) is 45.1 Å². The van der Waals surface area contributed by atoms with Crippen LogP contribution in [-0.4, -0.2) is 18.9 Å². The Morgan fingerprint density at radius 3 is 2.63 bits per heavy atom. The van der Waals surface area contributed by atoms with Gasteiger partial charge < -0.3 is 0 Å². The maximum absolute atomic E-state index is 11.5. The third-order valence-corrected chi connectivity index (χ3v) is 3.64. The van der Waals surface area contributed by atoms with Crippen LogP contribution in [0, 0.1) is 0 Å². The topological polar surface area (TPSA) is 83.5 Å². The van der Waals surface area contributed by atoms with Crippen LogP contribution >= 0.6 is 23.5 Å². The van der Waals surface area contributed by atoms with E-state index in [-0.39, 0.29) is 5.52 Å². The number of nitrogens with zero attached hydrogens (tertiary/aromatic N) is 2. The van der Waals surface area contributed by atoms with Gasteiger partial charge in [-0.05, 0) is 36.2 Å². The van der Waals surface area contributed by atoms with E-state index in [4.69, 9.17) is 11.6 Å². The Bertz CT molecular complexity index is 849. The smallest absolute Gasteiger partial charge is 0.291 e. The SMILES string of the molecule is O=c1[nH]c(=O)c2ncn(Sc3ccc(Cl)cc3)c2[nH]1. The Morgan fingerprint density at radius 1 is 1.16 bits per heavy atom. The summed E-state index contributed by atoms with van der Waals surface area (Å²) in [6.07, 6.45) is 1.48. The van der Waals surface area contributed by atoms with Crippen LogP contribution < -0.4 is 11.2 Å². The Hall–Kier alpha value is -1.99. The first-order chi connectivity index (χ1) is 9.13. The van der Waals surface area contributed by atoms with E-state index in [1.807, 2.05) is 12.1 Å². The van der Waals surface area contributed by atoms with Crippen LogP contribution in [0.25, 0.3) is 11.2 Å². The number of aromatic nitrogens is 4. The van der Waals surface area contributed by atoms with Crippen molar-refractivity contribution in [3.63, 3.8) is 0 Å². The molecule has 2 heterocycles. The third-order valence-electron chi connectivity index (χ3n) is 2.43. The third kappa shape index (κ3) is 2.29. The second kappa shape index (κ2) is 4.60. The molecule has 0 amide bonds. The highest BCUT2D eigenvalue weighted by Gasteiger charge is 2.08. The summed E-state index contributed by atoms with van der Waals surface area (Å²) in [5.74, 6) is 0. The molecule has 3 aromatic rings. The van der Waals surface area contributed by atoms with Crippen molar-refractivity contribution in [3.8, 4) is 0 Å². The average Bonchev–Trinajstić information content (AvgIpc) is 2.76. The number of hydrogen-bond acceptors (Lipinski definition) is 4. The summed E-state index contributed by atoms with van der Waals surface area (Å²) in [7, 11) is 0. The summed E-state index contributed by atoms with van der Waals surface area (Å²) in [5, 5.41) is 0.643. The molecule has 0 unspecified atom stereocenters. The van der Waals surface area contributed by atoms with Gasteiger partial charge >= 0.3 is 5.69 Å². The fraction of sp³-hybridized carbons (Fsp3) is 0. The summed E-state index contributed by atoms with van der Waals surface area (Å²) < 4.78 is 1.62. The molecule has 3 rings (SSSR count). The number of rotatable bonds is 2. The lowest BCUT2D eigenvalue weighted by Gasteiger charge is -2.02. The van der Waals surface area contributed by atoms with Gasteiger partial charge in [0.2, 0.25) is 0 Å². The van der Waals surface area contributed by atoms with Crippen LogP contribution in [0.1, 0.15) is 0 Å². The zero-order valence-electron chi connectivity index (χ0n) is 9.38. The van der Waals surface area contributed by atoms with E-state index in [9.17, 15) is 9.59 Å². The van der Waals surface area contributed by atoms with Gasteiger partial charge in [0, 0.05) is 9.92 Å². The van der Waals surface area contributed by atoms with Gasteiger partial charge in [0.25, 0.3) is 5.56 Å². The number of benzene rings is 1. The van der Waals surface area contributed by atoms with E-state index in [0.29, 0.717) is 10.7 Å². The summed E-state index contributed by atoms with van der Waals surface area (Å²) in [6.45, 7) is 0. The molecule has 96 valence electrons. The van der Waals surface area contributed by atoms with E-state index in [1.165, 1.54) is 18.3 Å². The van der Waals surface area contributed by atoms with Crippen LogP contribution in [0.2, 0.25) is 5.02 Å². The largest absolute Gasteiger partial charge is 0.327 e. The van der Waals surface area contributed by atoms with Gasteiger partial charge in [-0.15, -0.1) is 0 Å². The fourth-order valence-electron chi connectivity index (χ4n) is 1.59. The van der Waals surface area contributed by atoms with Crippen molar-refractivity contribution in [3.05, 3.63) is 56.5 Å². The normalized spacial score (nSPS) is 11.0. The van der Waals surface area contributed by atoms with Crippen LogP contribution in [0.5, 0.6) is 0 Å². The van der Waals surface area contributed by atoms with Gasteiger partial charge in [-0.25, -0.2) is 9.78 Å². The predicted molar refractivity (Wildman–Crippen MR) is 73.7 cm³/mol. The predicted octanol–water partition coefficient (Wildman–Crippen LogP) is 1.62. The first-order valence-electron chi connectivity index (χ1n) is 5.27. The molecule has 19 heavy (non-hydrogen) atoms. The van der Waals surface area contributed by atoms with Crippen molar-refractivity contribution in [2.45, 2.75) is 4.90 Å². The second-order valence-electron chi connectivity index (χ2n) is 3.72. The maximum Gasteiger partial charge on any atom is 0.327 e. The lowest BCUT2D eigenvalue weighted by molar-refractivity contribution is 1.06. The van der Waals surface area contributed by atoms with E-state index in [1.54, 1.807) is 16.1 Å². The second-order valence-corrected chi connectivity index (χ2v) is 5.20. The number of fused-ring (bicyclic) bond motifs is 1. The Labute approximate surface area is 115 Å². The van der Waals surface area contributed by atoms with Crippen molar-refractivity contribution in [2.75, 3.05) is 0 Å². The summed E-state index contributed by atoms with van der Waals surface area (Å²) >= 11 is 7.13. The molecule has 2 N–H and O–H groups in total. The van der Waals surface area contributed by atoms with Gasteiger partial charge in [-0.1, -0.05) is 11.6 Å². The van der Waals surface area contributed by atoms with E-state index in [2.05, 4.69) is 15.0 Å². The molecule has 0 spiro atoms. The van der Waals surface area contributed by atoms with E-state index < -0.39 is 11.2 Å². The molecule has 0 aliphatic heterocycles. The highest BCUT2D eigenvalue weighted by atomic mass is 35.5. The molecule has 2 aromatic heterocycles. The fourth-order valence-corrected chi connectivity index (χ4v) is 2.52. The van der Waals surface area contributed by atoms with Gasteiger partial charge in [0.1, 0.15) is 6.33 Å². The summed E-state index contributed by atoms with van der Waals surface area (Å²) in [4.78, 5) is 32.4. The number of halogens is 1. The van der Waals surface area contributed by atoms with E-state index >= 15 is 0 Å². The molecule has 0 fully saturated rings. The summed E-state index contributed by atoms with van der Waals surface area (Å²) in [6, 6.07) is 7.20. The monoisotopic (exact) mass is 294 g/mol. The molecule has 0 radical (unpaired) electrons. The van der Waals surface area contributed by atoms with E-state index in [0.717, 1.165) is 4.90 Å². The molecule has 0 aliphatic carbocycles. The van der Waals surface area contributed by atoms with Crippen LogP contribution in [0.4, 0.5) is 0 Å². The molecule has 0 aliphatic rings. The van der Waals surface area contributed by atoms with Crippen molar-refractivity contribution in [1.82, 2.24) is 18.9 Å². The standard InChI is InChI=1S/C11H7ClN4O2S/c12-6-1-3-7(4-2-6)19-16-5-13-8-9(16)14-11(18)15-10(8)17/h1-5H,(H2,14,15,17,18). The quantitative estimate of drug-likeness (QED) is 0.752. The van der Waals surface area contributed by atoms with Crippen LogP contribution in [-0.2, 0) is 0 Å². The molecule has 0 saturated carbocycles. The molecular formula is C11H7ClN4O2S. The summed E-state index contributed by atoms with van der Waals surface area (Å²) in [5.41, 5.74) is -0.500. The van der Waals surface area contributed by atoms with Crippen molar-refractivity contribution in [1.29, 1.82) is 0 Å². The lowest BCUT2D eigenvalue weighted by Crippen LogP contribution is -2.22. The molecule has 1 aromatic carbocycles. The Kier molecular flexibility index (Phi) is 2.92. The minimum Gasteiger partial charge on any atom is -0.291 e. The zero-order valence-corrected chi connectivity index (χ0v) is 11.0. The van der Waals surface area contributed by atoms with Crippen molar-refractivity contribution < 1.29 is 0 Å². The van der Waals surface area contributed by atoms with Gasteiger partial charge in [-0.2, -0.15) is 0 Å². The zero-order chi connectivity index (χ0) is 13.4. The molecule has 6 nitrogen and oxygen atoms in total. The van der Waals surface area contributed by atoms with Crippen molar-refractivity contribution >= 4 is 34.7 Å². The lowest BCUT2D eigenvalue weighted by atomic mass is 10.4. The number of aromatic amines is 2. The highest BCUT2D eigenvalue weighted by molar-refractivity contribution is 7.98.